The van der Waals surface area contributed by atoms with E-state index >= 15 is 0 Å². The minimum absolute atomic E-state index is 0.0382. The fraction of sp³-hybridized carbons (Fsp3) is 0.379. The first kappa shape index (κ1) is 21.5. The molecule has 3 aromatic carbocycles. The molecule has 0 heterocycles. The van der Waals surface area contributed by atoms with Crippen LogP contribution in [0.5, 0.6) is 11.5 Å². The van der Waals surface area contributed by atoms with E-state index in [1.165, 1.54) is 11.1 Å². The largest absolute Gasteiger partial charge is 0.507 e. The van der Waals surface area contributed by atoms with E-state index < -0.39 is 0 Å². The third-order valence-corrected chi connectivity index (χ3v) is 7.01. The zero-order valence-electron chi connectivity index (χ0n) is 19.2. The third kappa shape index (κ3) is 4.08. The molecular formula is C29H34O2. The number of hydrogen-bond donors (Lipinski definition) is 2. The van der Waals surface area contributed by atoms with Gasteiger partial charge < -0.3 is 10.2 Å². The quantitative estimate of drug-likeness (QED) is 0.483. The van der Waals surface area contributed by atoms with Crippen LogP contribution in [0.2, 0.25) is 0 Å². The van der Waals surface area contributed by atoms with Crippen LogP contribution >= 0.6 is 0 Å². The molecule has 1 unspecified atom stereocenters. The van der Waals surface area contributed by atoms with Gasteiger partial charge in [-0.15, -0.1) is 0 Å². The molecule has 3 aromatic rings. The molecule has 31 heavy (non-hydrogen) atoms. The number of rotatable bonds is 5. The molecule has 0 radical (unpaired) electrons. The van der Waals surface area contributed by atoms with Gasteiger partial charge in [0.2, 0.25) is 0 Å². The van der Waals surface area contributed by atoms with Crippen LogP contribution in [0, 0.1) is 19.8 Å². The maximum atomic E-state index is 11.3. The summed E-state index contributed by atoms with van der Waals surface area (Å²) in [4.78, 5) is 0. The van der Waals surface area contributed by atoms with Crippen molar-refractivity contribution in [3.8, 4) is 11.5 Å². The molecule has 0 saturated carbocycles. The lowest BCUT2D eigenvalue weighted by Crippen LogP contribution is -2.23. The first-order chi connectivity index (χ1) is 14.9. The van der Waals surface area contributed by atoms with Crippen LogP contribution in [0.15, 0.2) is 48.5 Å². The van der Waals surface area contributed by atoms with Crippen LogP contribution in [0.3, 0.4) is 0 Å². The molecular weight excluding hydrogens is 380 g/mol. The van der Waals surface area contributed by atoms with Crippen molar-refractivity contribution in [2.24, 2.45) is 5.92 Å². The van der Waals surface area contributed by atoms with Gasteiger partial charge in [-0.25, -0.2) is 0 Å². The van der Waals surface area contributed by atoms with E-state index in [0.717, 1.165) is 65.5 Å². The van der Waals surface area contributed by atoms with Gasteiger partial charge in [-0.2, -0.15) is 0 Å². The fourth-order valence-electron chi connectivity index (χ4n) is 5.47. The Morgan fingerprint density at radius 1 is 0.806 bits per heavy atom. The molecule has 1 aliphatic rings. The molecule has 0 bridgehead atoms. The number of phenols is 2. The van der Waals surface area contributed by atoms with Crippen LogP contribution in [0.4, 0.5) is 0 Å². The number of aryl methyl sites for hydroxylation is 5. The van der Waals surface area contributed by atoms with Gasteiger partial charge in [0.15, 0.2) is 0 Å². The Morgan fingerprint density at radius 2 is 1.32 bits per heavy atom. The predicted octanol–water partition coefficient (Wildman–Crippen LogP) is 6.78. The Balaban J connectivity index is 1.92. The Bertz CT molecular complexity index is 1040. The molecule has 0 aliphatic heterocycles. The van der Waals surface area contributed by atoms with Crippen molar-refractivity contribution < 1.29 is 10.2 Å². The highest BCUT2D eigenvalue weighted by Gasteiger charge is 2.33. The summed E-state index contributed by atoms with van der Waals surface area (Å²) in [7, 11) is 0. The normalized spacial score (nSPS) is 15.8. The van der Waals surface area contributed by atoms with E-state index in [0.29, 0.717) is 17.4 Å². The highest BCUT2D eigenvalue weighted by molar-refractivity contribution is 5.54. The maximum Gasteiger partial charge on any atom is 0.122 e. The molecule has 0 fully saturated rings. The molecule has 2 nitrogen and oxygen atoms in total. The molecule has 0 saturated heterocycles. The Kier molecular flexibility index (Phi) is 6.09. The van der Waals surface area contributed by atoms with Crippen molar-refractivity contribution in [1.82, 2.24) is 0 Å². The molecule has 2 heteroatoms. The lowest BCUT2D eigenvalue weighted by atomic mass is 9.70. The molecule has 1 aliphatic carbocycles. The van der Waals surface area contributed by atoms with Crippen molar-refractivity contribution in [2.45, 2.75) is 65.7 Å². The molecule has 0 amide bonds. The highest BCUT2D eigenvalue weighted by atomic mass is 16.3. The lowest BCUT2D eigenvalue weighted by molar-refractivity contribution is 0.379. The SMILES string of the molecule is CCc1cc(C)cc(C(c2cc(C)cc(CC)c2O)C2CCc3ccccc3C2)c1O. The zero-order valence-corrected chi connectivity index (χ0v) is 19.2. The number of benzene rings is 3. The van der Waals surface area contributed by atoms with Crippen LogP contribution < -0.4 is 0 Å². The van der Waals surface area contributed by atoms with Crippen LogP contribution in [-0.2, 0) is 25.7 Å². The minimum Gasteiger partial charge on any atom is -0.507 e. The second-order valence-electron chi connectivity index (χ2n) is 9.18. The number of fused-ring (bicyclic) bond motifs is 1. The van der Waals surface area contributed by atoms with E-state index in [1.54, 1.807) is 0 Å². The lowest BCUT2D eigenvalue weighted by Gasteiger charge is -2.34. The van der Waals surface area contributed by atoms with Gasteiger partial charge in [0, 0.05) is 17.0 Å². The van der Waals surface area contributed by atoms with E-state index in [9.17, 15) is 10.2 Å². The first-order valence-corrected chi connectivity index (χ1v) is 11.6. The smallest absolute Gasteiger partial charge is 0.122 e. The number of aromatic hydroxyl groups is 2. The molecule has 2 N–H and O–H groups in total. The minimum atomic E-state index is -0.0382. The molecule has 1 atom stereocenters. The number of hydrogen-bond acceptors (Lipinski definition) is 2. The Morgan fingerprint density at radius 3 is 1.84 bits per heavy atom. The zero-order chi connectivity index (χ0) is 22.1. The van der Waals surface area contributed by atoms with Gasteiger partial charge in [0.1, 0.15) is 11.5 Å². The summed E-state index contributed by atoms with van der Waals surface area (Å²) in [5, 5.41) is 22.6. The van der Waals surface area contributed by atoms with Crippen molar-refractivity contribution >= 4 is 0 Å². The van der Waals surface area contributed by atoms with Crippen molar-refractivity contribution in [2.75, 3.05) is 0 Å². The van der Waals surface area contributed by atoms with Crippen molar-refractivity contribution in [3.05, 3.63) is 93.0 Å². The van der Waals surface area contributed by atoms with Gasteiger partial charge in [-0.1, -0.05) is 73.5 Å². The highest BCUT2D eigenvalue weighted by Crippen LogP contribution is 2.47. The summed E-state index contributed by atoms with van der Waals surface area (Å²) in [6, 6.07) is 17.1. The second-order valence-corrected chi connectivity index (χ2v) is 9.18. The summed E-state index contributed by atoms with van der Waals surface area (Å²) in [6.45, 7) is 8.37. The molecule has 162 valence electrons. The van der Waals surface area contributed by atoms with Crippen molar-refractivity contribution in [3.63, 3.8) is 0 Å². The first-order valence-electron chi connectivity index (χ1n) is 11.6. The monoisotopic (exact) mass is 414 g/mol. The maximum absolute atomic E-state index is 11.3. The Labute approximate surface area is 186 Å². The van der Waals surface area contributed by atoms with Crippen LogP contribution in [0.1, 0.15) is 70.7 Å². The second kappa shape index (κ2) is 8.78. The van der Waals surface area contributed by atoms with E-state index in [4.69, 9.17) is 0 Å². The van der Waals surface area contributed by atoms with E-state index in [1.807, 2.05) is 0 Å². The average Bonchev–Trinajstić information content (AvgIpc) is 2.77. The summed E-state index contributed by atoms with van der Waals surface area (Å²) < 4.78 is 0. The molecule has 0 aromatic heterocycles. The summed E-state index contributed by atoms with van der Waals surface area (Å²) >= 11 is 0. The third-order valence-electron chi connectivity index (χ3n) is 7.01. The molecule has 4 rings (SSSR count). The average molecular weight is 415 g/mol. The molecule has 0 spiro atoms. The predicted molar refractivity (Wildman–Crippen MR) is 128 cm³/mol. The van der Waals surface area contributed by atoms with E-state index in [-0.39, 0.29) is 5.92 Å². The van der Waals surface area contributed by atoms with Crippen LogP contribution in [0.25, 0.3) is 0 Å². The van der Waals surface area contributed by atoms with E-state index in [2.05, 4.69) is 76.2 Å². The van der Waals surface area contributed by atoms with Gasteiger partial charge in [0.05, 0.1) is 0 Å². The standard InChI is InChI=1S/C29H34O2/c1-5-20-13-18(3)15-25(28(20)30)27(26-16-19(4)14-21(6-2)29(26)31)24-12-11-22-9-7-8-10-23(22)17-24/h7-10,13-16,24,27,30-31H,5-6,11-12,17H2,1-4H3. The topological polar surface area (TPSA) is 40.5 Å². The van der Waals surface area contributed by atoms with Crippen LogP contribution in [-0.4, -0.2) is 10.2 Å². The summed E-state index contributed by atoms with van der Waals surface area (Å²) in [5.74, 6) is 1.08. The van der Waals surface area contributed by atoms with Crippen molar-refractivity contribution in [1.29, 1.82) is 0 Å². The van der Waals surface area contributed by atoms with Gasteiger partial charge in [-0.3, -0.25) is 0 Å². The Hall–Kier alpha value is -2.74. The summed E-state index contributed by atoms with van der Waals surface area (Å²) in [5.41, 5.74) is 9.05. The van der Waals surface area contributed by atoms with Gasteiger partial charge >= 0.3 is 0 Å². The van der Waals surface area contributed by atoms with Gasteiger partial charge in [-0.05, 0) is 74.1 Å². The van der Waals surface area contributed by atoms with Gasteiger partial charge in [0.25, 0.3) is 0 Å². The summed E-state index contributed by atoms with van der Waals surface area (Å²) in [6.07, 6.45) is 4.63. The number of phenolic OH excluding ortho intramolecular Hbond substituents is 2. The fourth-order valence-corrected chi connectivity index (χ4v) is 5.47.